The van der Waals surface area contributed by atoms with Crippen LogP contribution in [0.4, 0.5) is 5.69 Å². The van der Waals surface area contributed by atoms with Gasteiger partial charge in [-0.05, 0) is 53.0 Å². The molecule has 0 aliphatic rings. The Morgan fingerprint density at radius 1 is 1.47 bits per heavy atom. The fourth-order valence-electron chi connectivity index (χ4n) is 1.56. The smallest absolute Gasteiger partial charge is 0.0508 e. The number of halogens is 1. The maximum atomic E-state index is 5.62. The van der Waals surface area contributed by atoms with E-state index in [2.05, 4.69) is 59.9 Å². The molecule has 2 N–H and O–H groups in total. The fourth-order valence-corrected chi connectivity index (χ4v) is 2.36. The van der Waals surface area contributed by atoms with Crippen LogP contribution in [0.25, 0.3) is 0 Å². The number of nitrogens with two attached hydrogens (primary N) is 1. The largest absolute Gasteiger partial charge is 0.373 e. The van der Waals surface area contributed by atoms with Crippen LogP contribution in [0, 0.1) is 12.8 Å². The van der Waals surface area contributed by atoms with E-state index in [1.807, 2.05) is 0 Å². The number of rotatable bonds is 4. The molecule has 1 aromatic carbocycles. The zero-order valence-electron chi connectivity index (χ0n) is 9.63. The predicted octanol–water partition coefficient (Wildman–Crippen LogP) is 2.79. The van der Waals surface area contributed by atoms with Crippen molar-refractivity contribution in [2.45, 2.75) is 13.8 Å². The lowest BCUT2D eigenvalue weighted by Gasteiger charge is -2.24. The molecule has 0 aromatic heterocycles. The van der Waals surface area contributed by atoms with E-state index in [0.717, 1.165) is 17.6 Å². The Morgan fingerprint density at radius 2 is 2.13 bits per heavy atom. The van der Waals surface area contributed by atoms with Gasteiger partial charge in [0.25, 0.3) is 0 Å². The van der Waals surface area contributed by atoms with Gasteiger partial charge in [0.15, 0.2) is 0 Å². The average molecular weight is 271 g/mol. The summed E-state index contributed by atoms with van der Waals surface area (Å²) in [5.41, 5.74) is 8.11. The lowest BCUT2D eigenvalue weighted by Crippen LogP contribution is -2.28. The van der Waals surface area contributed by atoms with Gasteiger partial charge in [-0.25, -0.2) is 0 Å². The molecular weight excluding hydrogens is 252 g/mol. The minimum Gasteiger partial charge on any atom is -0.373 e. The van der Waals surface area contributed by atoms with Gasteiger partial charge in [-0.3, -0.25) is 0 Å². The molecule has 0 radical (unpaired) electrons. The summed E-state index contributed by atoms with van der Waals surface area (Å²) >= 11 is 3.59. The van der Waals surface area contributed by atoms with Crippen molar-refractivity contribution < 1.29 is 0 Å². The van der Waals surface area contributed by atoms with Gasteiger partial charge in [0.1, 0.15) is 0 Å². The maximum Gasteiger partial charge on any atom is 0.0508 e. The summed E-state index contributed by atoms with van der Waals surface area (Å²) in [4.78, 5) is 2.24. The topological polar surface area (TPSA) is 29.3 Å². The number of nitrogens with zero attached hydrogens (tertiary/aromatic N) is 1. The van der Waals surface area contributed by atoms with Crippen molar-refractivity contribution in [1.29, 1.82) is 0 Å². The quantitative estimate of drug-likeness (QED) is 0.912. The lowest BCUT2D eigenvalue weighted by molar-refractivity contribution is 0.590. The highest BCUT2D eigenvalue weighted by Gasteiger charge is 2.08. The molecule has 0 aliphatic carbocycles. The van der Waals surface area contributed by atoms with Crippen LogP contribution in [0.1, 0.15) is 12.5 Å². The number of benzene rings is 1. The van der Waals surface area contributed by atoms with E-state index in [9.17, 15) is 0 Å². The molecule has 84 valence electrons. The van der Waals surface area contributed by atoms with Crippen molar-refractivity contribution in [3.8, 4) is 0 Å². The Hall–Kier alpha value is -0.540. The number of hydrogen-bond donors (Lipinski definition) is 1. The van der Waals surface area contributed by atoms with E-state index >= 15 is 0 Å². The van der Waals surface area contributed by atoms with E-state index in [1.54, 1.807) is 0 Å². The summed E-state index contributed by atoms with van der Waals surface area (Å²) in [5, 5.41) is 0. The summed E-state index contributed by atoms with van der Waals surface area (Å²) in [6.07, 6.45) is 0. The van der Waals surface area contributed by atoms with E-state index in [1.165, 1.54) is 11.3 Å². The second-order valence-electron chi connectivity index (χ2n) is 4.18. The van der Waals surface area contributed by atoms with Crippen molar-refractivity contribution >= 4 is 21.6 Å². The Morgan fingerprint density at radius 3 is 2.67 bits per heavy atom. The third-order valence-corrected chi connectivity index (χ3v) is 3.14. The molecule has 1 unspecified atom stereocenters. The molecule has 1 rings (SSSR count). The maximum absolute atomic E-state index is 5.62. The normalized spacial score (nSPS) is 12.6. The van der Waals surface area contributed by atoms with Crippen molar-refractivity contribution in [2.75, 3.05) is 25.0 Å². The van der Waals surface area contributed by atoms with Crippen LogP contribution < -0.4 is 10.6 Å². The van der Waals surface area contributed by atoms with Crippen LogP contribution >= 0.6 is 15.9 Å². The summed E-state index contributed by atoms with van der Waals surface area (Å²) < 4.78 is 1.15. The average Bonchev–Trinajstić information content (AvgIpc) is 2.17. The minimum absolute atomic E-state index is 0.517. The highest BCUT2D eigenvalue weighted by molar-refractivity contribution is 9.10. The summed E-state index contributed by atoms with van der Waals surface area (Å²) in [6.45, 7) is 5.97. The van der Waals surface area contributed by atoms with Crippen LogP contribution in [0.5, 0.6) is 0 Å². The molecule has 0 fully saturated rings. The lowest BCUT2D eigenvalue weighted by atomic mass is 10.1. The Bertz CT molecular complexity index is 325. The molecule has 3 heteroatoms. The predicted molar refractivity (Wildman–Crippen MR) is 70.4 cm³/mol. The van der Waals surface area contributed by atoms with Gasteiger partial charge in [0.05, 0.1) is 5.69 Å². The highest BCUT2D eigenvalue weighted by atomic mass is 79.9. The first kappa shape index (κ1) is 12.5. The van der Waals surface area contributed by atoms with E-state index in [-0.39, 0.29) is 0 Å². The standard InChI is InChI=1S/C12H19BrN2/c1-9-4-5-12(11(13)6-9)15(3)8-10(2)7-14/h4-6,10H,7-8,14H2,1-3H3. The number of anilines is 1. The molecule has 0 saturated carbocycles. The van der Waals surface area contributed by atoms with Crippen LogP contribution in [0.3, 0.4) is 0 Å². The first-order chi connectivity index (χ1) is 7.04. The molecule has 15 heavy (non-hydrogen) atoms. The van der Waals surface area contributed by atoms with Gasteiger partial charge < -0.3 is 10.6 Å². The first-order valence-corrected chi connectivity index (χ1v) is 6.01. The first-order valence-electron chi connectivity index (χ1n) is 5.22. The second kappa shape index (κ2) is 5.52. The van der Waals surface area contributed by atoms with Crippen LogP contribution in [-0.4, -0.2) is 20.1 Å². The third kappa shape index (κ3) is 3.50. The Labute approximate surface area is 101 Å². The Kier molecular flexibility index (Phi) is 4.61. The molecule has 0 heterocycles. The zero-order valence-corrected chi connectivity index (χ0v) is 11.2. The molecule has 0 saturated heterocycles. The summed E-state index contributed by atoms with van der Waals surface area (Å²) in [6, 6.07) is 6.41. The molecule has 0 aliphatic heterocycles. The van der Waals surface area contributed by atoms with E-state index in [4.69, 9.17) is 5.73 Å². The van der Waals surface area contributed by atoms with Crippen molar-refractivity contribution in [3.63, 3.8) is 0 Å². The van der Waals surface area contributed by atoms with Crippen LogP contribution in [-0.2, 0) is 0 Å². The molecular formula is C12H19BrN2. The zero-order chi connectivity index (χ0) is 11.4. The van der Waals surface area contributed by atoms with Crippen LogP contribution in [0.15, 0.2) is 22.7 Å². The highest BCUT2D eigenvalue weighted by Crippen LogP contribution is 2.26. The summed E-state index contributed by atoms with van der Waals surface area (Å²) in [5.74, 6) is 0.517. The van der Waals surface area contributed by atoms with Gasteiger partial charge >= 0.3 is 0 Å². The van der Waals surface area contributed by atoms with Crippen LogP contribution in [0.2, 0.25) is 0 Å². The van der Waals surface area contributed by atoms with Gasteiger partial charge in [-0.15, -0.1) is 0 Å². The molecule has 1 aromatic rings. The van der Waals surface area contributed by atoms with Crippen molar-refractivity contribution in [2.24, 2.45) is 11.7 Å². The summed E-state index contributed by atoms with van der Waals surface area (Å²) in [7, 11) is 2.10. The van der Waals surface area contributed by atoms with Gasteiger partial charge in [0, 0.05) is 18.1 Å². The molecule has 1 atom stereocenters. The molecule has 0 amide bonds. The van der Waals surface area contributed by atoms with E-state index < -0.39 is 0 Å². The SMILES string of the molecule is Cc1ccc(N(C)CC(C)CN)c(Br)c1. The Balaban J connectivity index is 2.77. The minimum atomic E-state index is 0.517. The monoisotopic (exact) mass is 270 g/mol. The molecule has 0 bridgehead atoms. The third-order valence-electron chi connectivity index (χ3n) is 2.50. The second-order valence-corrected chi connectivity index (χ2v) is 5.03. The molecule has 0 spiro atoms. The fraction of sp³-hybridized carbons (Fsp3) is 0.500. The number of hydrogen-bond acceptors (Lipinski definition) is 2. The van der Waals surface area contributed by atoms with Crippen molar-refractivity contribution in [3.05, 3.63) is 28.2 Å². The van der Waals surface area contributed by atoms with Gasteiger partial charge in [-0.2, -0.15) is 0 Å². The molecule has 2 nitrogen and oxygen atoms in total. The number of aryl methyl sites for hydroxylation is 1. The van der Waals surface area contributed by atoms with Gasteiger partial charge in [0.2, 0.25) is 0 Å². The van der Waals surface area contributed by atoms with Gasteiger partial charge in [-0.1, -0.05) is 13.0 Å². The van der Waals surface area contributed by atoms with Crippen molar-refractivity contribution in [1.82, 2.24) is 0 Å². The van der Waals surface area contributed by atoms with E-state index in [0.29, 0.717) is 5.92 Å².